The van der Waals surface area contributed by atoms with Crippen LogP contribution in [0, 0.1) is 0 Å². The first-order chi connectivity index (χ1) is 9.39. The third-order valence-corrected chi connectivity index (χ3v) is 4.30. The van der Waals surface area contributed by atoms with E-state index in [1.165, 1.54) is 0 Å². The summed E-state index contributed by atoms with van der Waals surface area (Å²) >= 11 is 0. The summed E-state index contributed by atoms with van der Waals surface area (Å²) in [5, 5.41) is 0. The lowest BCUT2D eigenvalue weighted by atomic mass is 9.81. The van der Waals surface area contributed by atoms with E-state index in [4.69, 9.17) is 9.31 Å². The minimum Gasteiger partial charge on any atom is -0.399 e. The summed E-state index contributed by atoms with van der Waals surface area (Å²) < 4.78 is 14.2. The van der Waals surface area contributed by atoms with Crippen molar-refractivity contribution in [1.82, 2.24) is 4.57 Å². The maximum absolute atomic E-state index is 6.06. The molecule has 0 amide bonds. The predicted molar refractivity (Wildman–Crippen MR) is 81.5 cm³/mol. The molecule has 0 atom stereocenters. The standard InChI is InChI=1S/C16H20BNO2/c1-15(2)16(3,4)20-17(19-15)13-10-11-18(12-13)14-8-6-5-7-9-14/h5-12H,1-4H3. The van der Waals surface area contributed by atoms with Crippen molar-refractivity contribution in [3.8, 4) is 5.69 Å². The Morgan fingerprint density at radius 2 is 1.50 bits per heavy atom. The van der Waals surface area contributed by atoms with Crippen molar-refractivity contribution in [2.24, 2.45) is 0 Å². The van der Waals surface area contributed by atoms with Crippen molar-refractivity contribution in [3.63, 3.8) is 0 Å². The summed E-state index contributed by atoms with van der Waals surface area (Å²) in [7, 11) is -0.301. The fourth-order valence-electron chi connectivity index (χ4n) is 2.29. The molecule has 0 saturated carbocycles. The molecular weight excluding hydrogens is 249 g/mol. The van der Waals surface area contributed by atoms with E-state index in [1.54, 1.807) is 0 Å². The molecule has 4 heteroatoms. The average Bonchev–Trinajstić information content (AvgIpc) is 2.94. The lowest BCUT2D eigenvalue weighted by molar-refractivity contribution is 0.00578. The van der Waals surface area contributed by atoms with Crippen LogP contribution in [0.15, 0.2) is 48.8 Å². The Morgan fingerprint density at radius 3 is 2.10 bits per heavy atom. The fraction of sp³-hybridized carbons (Fsp3) is 0.375. The van der Waals surface area contributed by atoms with E-state index in [0.717, 1.165) is 11.2 Å². The first-order valence-corrected chi connectivity index (χ1v) is 6.98. The van der Waals surface area contributed by atoms with Crippen LogP contribution in [-0.2, 0) is 9.31 Å². The zero-order valence-electron chi connectivity index (χ0n) is 12.5. The van der Waals surface area contributed by atoms with Crippen LogP contribution in [0.2, 0.25) is 0 Å². The largest absolute Gasteiger partial charge is 0.496 e. The average molecular weight is 269 g/mol. The van der Waals surface area contributed by atoms with Crippen molar-refractivity contribution in [3.05, 3.63) is 48.8 Å². The number of hydrogen-bond donors (Lipinski definition) is 0. The Bertz CT molecular complexity index is 588. The predicted octanol–water partition coefficient (Wildman–Crippen LogP) is 2.78. The second kappa shape index (κ2) is 4.50. The van der Waals surface area contributed by atoms with Gasteiger partial charge in [0.25, 0.3) is 0 Å². The second-order valence-electron chi connectivity index (χ2n) is 6.28. The van der Waals surface area contributed by atoms with Gasteiger partial charge in [-0.2, -0.15) is 0 Å². The van der Waals surface area contributed by atoms with Gasteiger partial charge < -0.3 is 13.9 Å². The molecule has 0 radical (unpaired) electrons. The maximum atomic E-state index is 6.06. The molecule has 0 spiro atoms. The highest BCUT2D eigenvalue weighted by atomic mass is 16.7. The van der Waals surface area contributed by atoms with Gasteiger partial charge in [-0.15, -0.1) is 0 Å². The van der Waals surface area contributed by atoms with Gasteiger partial charge in [0.1, 0.15) is 0 Å². The topological polar surface area (TPSA) is 23.4 Å². The lowest BCUT2D eigenvalue weighted by Crippen LogP contribution is -2.41. The normalized spacial score (nSPS) is 20.3. The smallest absolute Gasteiger partial charge is 0.399 e. The molecule has 0 bridgehead atoms. The SMILES string of the molecule is CC1(C)OB(c2ccn(-c3ccccc3)c2)OC1(C)C. The highest BCUT2D eigenvalue weighted by Gasteiger charge is 2.51. The van der Waals surface area contributed by atoms with Gasteiger partial charge in [-0.1, -0.05) is 18.2 Å². The molecule has 0 N–H and O–H groups in total. The van der Waals surface area contributed by atoms with Gasteiger partial charge in [0, 0.05) is 23.5 Å². The summed E-state index contributed by atoms with van der Waals surface area (Å²) in [5.74, 6) is 0. The minimum absolute atomic E-state index is 0.299. The van der Waals surface area contributed by atoms with Crippen LogP contribution in [-0.4, -0.2) is 22.9 Å². The zero-order valence-corrected chi connectivity index (χ0v) is 12.5. The van der Waals surface area contributed by atoms with E-state index >= 15 is 0 Å². The Kier molecular flexibility index (Phi) is 3.03. The Labute approximate surface area is 120 Å². The van der Waals surface area contributed by atoms with Gasteiger partial charge >= 0.3 is 7.12 Å². The van der Waals surface area contributed by atoms with Crippen LogP contribution in [0.3, 0.4) is 0 Å². The number of aromatic nitrogens is 1. The minimum atomic E-state index is -0.301. The number of benzene rings is 1. The first-order valence-electron chi connectivity index (χ1n) is 6.98. The van der Waals surface area contributed by atoms with E-state index in [2.05, 4.69) is 56.7 Å². The van der Waals surface area contributed by atoms with Crippen molar-refractivity contribution in [2.75, 3.05) is 0 Å². The van der Waals surface area contributed by atoms with Crippen LogP contribution in [0.25, 0.3) is 5.69 Å². The van der Waals surface area contributed by atoms with Gasteiger partial charge in [-0.05, 0) is 45.9 Å². The van der Waals surface area contributed by atoms with E-state index in [0.29, 0.717) is 0 Å². The summed E-state index contributed by atoms with van der Waals surface area (Å²) in [6, 6.07) is 12.3. The lowest BCUT2D eigenvalue weighted by Gasteiger charge is -2.32. The van der Waals surface area contributed by atoms with Crippen molar-refractivity contribution < 1.29 is 9.31 Å². The molecule has 20 heavy (non-hydrogen) atoms. The number of rotatable bonds is 2. The number of hydrogen-bond acceptors (Lipinski definition) is 2. The third kappa shape index (κ3) is 2.19. The summed E-state index contributed by atoms with van der Waals surface area (Å²) in [6.07, 6.45) is 4.10. The van der Waals surface area contributed by atoms with E-state index < -0.39 is 0 Å². The highest BCUT2D eigenvalue weighted by molar-refractivity contribution is 6.62. The Balaban J connectivity index is 1.86. The quantitative estimate of drug-likeness (QED) is 0.782. The molecule has 2 aromatic rings. The van der Waals surface area contributed by atoms with Gasteiger partial charge in [0.05, 0.1) is 11.2 Å². The fourth-order valence-corrected chi connectivity index (χ4v) is 2.29. The Morgan fingerprint density at radius 1 is 0.900 bits per heavy atom. The summed E-state index contributed by atoms with van der Waals surface area (Å²) in [5.41, 5.74) is 1.58. The third-order valence-electron chi connectivity index (χ3n) is 4.30. The molecule has 1 fully saturated rings. The number of nitrogens with zero attached hydrogens (tertiary/aromatic N) is 1. The molecular formula is C16H20BNO2. The van der Waals surface area contributed by atoms with Gasteiger partial charge in [-0.3, -0.25) is 0 Å². The molecule has 3 rings (SSSR count). The summed E-state index contributed by atoms with van der Waals surface area (Å²) in [4.78, 5) is 0. The molecule has 1 aromatic heterocycles. The first kappa shape index (κ1) is 13.5. The summed E-state index contributed by atoms with van der Waals surface area (Å²) in [6.45, 7) is 8.28. The molecule has 1 aliphatic heterocycles. The van der Waals surface area contributed by atoms with Crippen LogP contribution >= 0.6 is 0 Å². The Hall–Kier alpha value is -1.52. The van der Waals surface area contributed by atoms with Crippen LogP contribution in [0.1, 0.15) is 27.7 Å². The second-order valence-corrected chi connectivity index (χ2v) is 6.28. The van der Waals surface area contributed by atoms with Crippen LogP contribution < -0.4 is 5.46 Å². The molecule has 1 aliphatic rings. The van der Waals surface area contributed by atoms with E-state index in [-0.39, 0.29) is 18.3 Å². The monoisotopic (exact) mass is 269 g/mol. The molecule has 1 saturated heterocycles. The molecule has 1 aromatic carbocycles. The molecule has 0 aliphatic carbocycles. The molecule has 2 heterocycles. The van der Waals surface area contributed by atoms with Crippen molar-refractivity contribution >= 4 is 12.6 Å². The van der Waals surface area contributed by atoms with E-state index in [9.17, 15) is 0 Å². The molecule has 0 unspecified atom stereocenters. The zero-order chi connectivity index (χ0) is 14.4. The number of para-hydroxylation sites is 1. The highest BCUT2D eigenvalue weighted by Crippen LogP contribution is 2.36. The van der Waals surface area contributed by atoms with Crippen molar-refractivity contribution in [1.29, 1.82) is 0 Å². The van der Waals surface area contributed by atoms with Crippen molar-refractivity contribution in [2.45, 2.75) is 38.9 Å². The van der Waals surface area contributed by atoms with Gasteiger partial charge in [0.15, 0.2) is 0 Å². The molecule has 3 nitrogen and oxygen atoms in total. The van der Waals surface area contributed by atoms with E-state index in [1.807, 2.05) is 24.4 Å². The van der Waals surface area contributed by atoms with Crippen LogP contribution in [0.4, 0.5) is 0 Å². The maximum Gasteiger partial charge on any atom is 0.496 e. The van der Waals surface area contributed by atoms with Gasteiger partial charge in [-0.25, -0.2) is 0 Å². The van der Waals surface area contributed by atoms with Gasteiger partial charge in [0.2, 0.25) is 0 Å². The van der Waals surface area contributed by atoms with Crippen LogP contribution in [0.5, 0.6) is 0 Å². The molecule has 104 valence electrons.